The van der Waals surface area contributed by atoms with Crippen LogP contribution in [0, 0.1) is 0 Å². The first-order valence-corrected chi connectivity index (χ1v) is 8.60. The fourth-order valence-electron chi connectivity index (χ4n) is 2.75. The number of nitrogens with zero attached hydrogens (tertiary/aromatic N) is 4. The fourth-order valence-corrected chi connectivity index (χ4v) is 2.75. The number of halogens is 1. The average molecular weight is 449 g/mol. The van der Waals surface area contributed by atoms with Crippen molar-refractivity contribution in [3.63, 3.8) is 0 Å². The zero-order chi connectivity index (χ0) is 16.5. The molecular formula is C17H32IN5O. The Hall–Kier alpha value is -0.800. The van der Waals surface area contributed by atoms with E-state index in [4.69, 9.17) is 9.73 Å². The molecule has 0 atom stereocenters. The van der Waals surface area contributed by atoms with Crippen LogP contribution >= 0.6 is 24.0 Å². The van der Waals surface area contributed by atoms with Crippen LogP contribution in [0.2, 0.25) is 0 Å². The molecule has 0 amide bonds. The molecule has 0 aromatic carbocycles. The highest BCUT2D eigenvalue weighted by atomic mass is 127. The minimum Gasteiger partial charge on any atom is -0.379 e. The van der Waals surface area contributed by atoms with Gasteiger partial charge in [0.1, 0.15) is 0 Å². The van der Waals surface area contributed by atoms with Gasteiger partial charge in [0, 0.05) is 58.7 Å². The van der Waals surface area contributed by atoms with Crippen LogP contribution < -0.4 is 5.32 Å². The van der Waals surface area contributed by atoms with Gasteiger partial charge in [-0.25, -0.2) is 0 Å². The Bertz CT molecular complexity index is 485. The monoisotopic (exact) mass is 449 g/mol. The predicted molar refractivity (Wildman–Crippen MR) is 110 cm³/mol. The smallest absolute Gasteiger partial charge is 0.194 e. The Morgan fingerprint density at radius 1 is 1.38 bits per heavy atom. The lowest BCUT2D eigenvalue weighted by molar-refractivity contribution is 0.0377. The second kappa shape index (κ2) is 11.7. The normalized spacial score (nSPS) is 15.9. The molecule has 1 aliphatic rings. The molecule has 24 heavy (non-hydrogen) atoms. The number of hydrogen-bond acceptors (Lipinski definition) is 3. The first-order valence-electron chi connectivity index (χ1n) is 8.60. The summed E-state index contributed by atoms with van der Waals surface area (Å²) in [6, 6.07) is 4.23. The summed E-state index contributed by atoms with van der Waals surface area (Å²) in [5.41, 5.74) is 1.28. The van der Waals surface area contributed by atoms with Gasteiger partial charge in [-0.05, 0) is 25.5 Å². The van der Waals surface area contributed by atoms with E-state index in [-0.39, 0.29) is 24.0 Å². The first kappa shape index (κ1) is 21.2. The molecule has 2 rings (SSSR count). The standard InChI is InChI=1S/C17H31N5O.HI/c1-4-18-17(21(3)15-16-7-5-9-20(16)2)19-8-6-10-22-11-13-23-14-12-22;/h5,7,9H,4,6,8,10-15H2,1-3H3,(H,18,19);1H. The summed E-state index contributed by atoms with van der Waals surface area (Å²) in [6.45, 7) is 9.66. The van der Waals surface area contributed by atoms with E-state index in [0.29, 0.717) is 0 Å². The molecule has 7 heteroatoms. The van der Waals surface area contributed by atoms with Gasteiger partial charge in [0.2, 0.25) is 0 Å². The molecule has 2 heterocycles. The highest BCUT2D eigenvalue weighted by molar-refractivity contribution is 14.0. The molecule has 0 saturated carbocycles. The molecule has 1 aromatic heterocycles. The Labute approximate surface area is 163 Å². The van der Waals surface area contributed by atoms with Crippen molar-refractivity contribution in [1.29, 1.82) is 0 Å². The van der Waals surface area contributed by atoms with Crippen molar-refractivity contribution in [2.45, 2.75) is 19.9 Å². The lowest BCUT2D eigenvalue weighted by atomic mass is 10.3. The average Bonchev–Trinajstić information content (AvgIpc) is 2.96. The van der Waals surface area contributed by atoms with Gasteiger partial charge in [0.05, 0.1) is 19.8 Å². The minimum absolute atomic E-state index is 0. The van der Waals surface area contributed by atoms with Gasteiger partial charge in [-0.2, -0.15) is 0 Å². The van der Waals surface area contributed by atoms with Crippen molar-refractivity contribution in [3.8, 4) is 0 Å². The zero-order valence-corrected chi connectivity index (χ0v) is 17.5. The molecule has 1 saturated heterocycles. The van der Waals surface area contributed by atoms with Crippen molar-refractivity contribution in [2.75, 3.05) is 53.0 Å². The zero-order valence-electron chi connectivity index (χ0n) is 15.2. The molecule has 1 aromatic rings. The van der Waals surface area contributed by atoms with Crippen LogP contribution in [0.1, 0.15) is 19.0 Å². The van der Waals surface area contributed by atoms with E-state index in [1.165, 1.54) is 5.69 Å². The topological polar surface area (TPSA) is 45.0 Å². The van der Waals surface area contributed by atoms with Crippen molar-refractivity contribution < 1.29 is 4.74 Å². The molecule has 1 N–H and O–H groups in total. The number of guanidine groups is 1. The van der Waals surface area contributed by atoms with Gasteiger partial charge in [-0.1, -0.05) is 0 Å². The van der Waals surface area contributed by atoms with E-state index in [1.807, 2.05) is 0 Å². The summed E-state index contributed by atoms with van der Waals surface area (Å²) >= 11 is 0. The highest BCUT2D eigenvalue weighted by Crippen LogP contribution is 2.04. The Balaban J connectivity index is 0.00000288. The molecule has 0 aliphatic carbocycles. The third-order valence-electron chi connectivity index (χ3n) is 4.14. The third kappa shape index (κ3) is 6.98. The van der Waals surface area contributed by atoms with E-state index in [0.717, 1.165) is 64.9 Å². The summed E-state index contributed by atoms with van der Waals surface area (Å²) < 4.78 is 7.53. The van der Waals surface area contributed by atoms with Crippen LogP contribution in [-0.4, -0.2) is 73.3 Å². The van der Waals surface area contributed by atoms with Crippen molar-refractivity contribution >= 4 is 29.9 Å². The van der Waals surface area contributed by atoms with Gasteiger partial charge in [0.15, 0.2) is 5.96 Å². The molecule has 138 valence electrons. The lowest BCUT2D eigenvalue weighted by Crippen LogP contribution is -2.39. The highest BCUT2D eigenvalue weighted by Gasteiger charge is 2.10. The second-order valence-electron chi connectivity index (χ2n) is 6.01. The summed E-state index contributed by atoms with van der Waals surface area (Å²) in [6.07, 6.45) is 3.17. The first-order chi connectivity index (χ1) is 11.2. The Kier molecular flexibility index (Phi) is 10.4. The number of aliphatic imine (C=N–C) groups is 1. The van der Waals surface area contributed by atoms with E-state index in [9.17, 15) is 0 Å². The summed E-state index contributed by atoms with van der Waals surface area (Å²) in [7, 11) is 4.17. The fraction of sp³-hybridized carbons (Fsp3) is 0.706. The van der Waals surface area contributed by atoms with Crippen LogP contribution in [0.15, 0.2) is 23.3 Å². The minimum atomic E-state index is 0. The number of rotatable bonds is 7. The maximum absolute atomic E-state index is 5.38. The van der Waals surface area contributed by atoms with Gasteiger partial charge >= 0.3 is 0 Å². The molecule has 0 bridgehead atoms. The molecule has 6 nitrogen and oxygen atoms in total. The van der Waals surface area contributed by atoms with Crippen LogP contribution in [-0.2, 0) is 18.3 Å². The molecule has 1 fully saturated rings. The van der Waals surface area contributed by atoms with Crippen molar-refractivity contribution in [1.82, 2.24) is 19.7 Å². The second-order valence-corrected chi connectivity index (χ2v) is 6.01. The van der Waals surface area contributed by atoms with E-state index < -0.39 is 0 Å². The van der Waals surface area contributed by atoms with Gasteiger partial charge in [-0.15, -0.1) is 24.0 Å². The lowest BCUT2D eigenvalue weighted by Gasteiger charge is -2.26. The summed E-state index contributed by atoms with van der Waals surface area (Å²) in [5.74, 6) is 0.982. The number of aryl methyl sites for hydroxylation is 1. The Morgan fingerprint density at radius 2 is 2.12 bits per heavy atom. The summed E-state index contributed by atoms with van der Waals surface area (Å²) in [4.78, 5) is 9.42. The number of hydrogen-bond donors (Lipinski definition) is 1. The van der Waals surface area contributed by atoms with E-state index >= 15 is 0 Å². The summed E-state index contributed by atoms with van der Waals surface area (Å²) in [5, 5.41) is 3.39. The van der Waals surface area contributed by atoms with Crippen LogP contribution in [0.4, 0.5) is 0 Å². The van der Waals surface area contributed by atoms with Crippen LogP contribution in [0.3, 0.4) is 0 Å². The van der Waals surface area contributed by atoms with Gasteiger partial charge in [-0.3, -0.25) is 9.89 Å². The molecule has 1 aliphatic heterocycles. The molecular weight excluding hydrogens is 417 g/mol. The molecule has 0 unspecified atom stereocenters. The Morgan fingerprint density at radius 3 is 2.75 bits per heavy atom. The van der Waals surface area contributed by atoms with Crippen molar-refractivity contribution in [2.24, 2.45) is 12.0 Å². The molecule has 0 radical (unpaired) electrons. The quantitative estimate of drug-likeness (QED) is 0.298. The third-order valence-corrected chi connectivity index (χ3v) is 4.14. The van der Waals surface area contributed by atoms with Crippen molar-refractivity contribution in [3.05, 3.63) is 24.0 Å². The predicted octanol–water partition coefficient (Wildman–Crippen LogP) is 1.76. The maximum atomic E-state index is 5.38. The maximum Gasteiger partial charge on any atom is 0.194 e. The van der Waals surface area contributed by atoms with E-state index in [1.54, 1.807) is 0 Å². The van der Waals surface area contributed by atoms with Gasteiger partial charge < -0.3 is 19.5 Å². The number of morpholine rings is 1. The largest absolute Gasteiger partial charge is 0.379 e. The van der Waals surface area contributed by atoms with Crippen LogP contribution in [0.5, 0.6) is 0 Å². The SMILES string of the molecule is CCNC(=NCCCN1CCOCC1)N(C)Cc1cccn1C.I. The van der Waals surface area contributed by atoms with Gasteiger partial charge in [0.25, 0.3) is 0 Å². The number of aromatic nitrogens is 1. The van der Waals surface area contributed by atoms with E-state index in [2.05, 4.69) is 59.0 Å². The number of ether oxygens (including phenoxy) is 1. The molecule has 0 spiro atoms. The van der Waals surface area contributed by atoms with Crippen LogP contribution in [0.25, 0.3) is 0 Å². The number of nitrogens with one attached hydrogen (secondary N) is 1.